The van der Waals surface area contributed by atoms with Gasteiger partial charge < -0.3 is 5.32 Å². The fourth-order valence-electron chi connectivity index (χ4n) is 3.13. The van der Waals surface area contributed by atoms with Gasteiger partial charge >= 0.3 is 6.18 Å². The lowest BCUT2D eigenvalue weighted by atomic mass is 9.97. The van der Waals surface area contributed by atoms with Crippen molar-refractivity contribution >= 4 is 15.9 Å². The molecule has 1 heterocycles. The summed E-state index contributed by atoms with van der Waals surface area (Å²) in [6, 6.07) is 4.44. The largest absolute Gasteiger partial charge is 0.416 e. The third kappa shape index (κ3) is 4.03. The van der Waals surface area contributed by atoms with E-state index in [-0.39, 0.29) is 6.04 Å². The molecule has 0 unspecified atom stereocenters. The number of hydrogen-bond donors (Lipinski definition) is 1. The second-order valence-corrected chi connectivity index (χ2v) is 7.17. The molecule has 0 spiro atoms. The van der Waals surface area contributed by atoms with E-state index in [2.05, 4.69) is 26.1 Å². The molecular formula is C16H20BrF3N2. The summed E-state index contributed by atoms with van der Waals surface area (Å²) >= 11 is 3.25. The molecular weight excluding hydrogens is 357 g/mol. The highest BCUT2D eigenvalue weighted by molar-refractivity contribution is 9.10. The molecule has 6 heteroatoms. The van der Waals surface area contributed by atoms with E-state index in [1.54, 1.807) is 0 Å². The van der Waals surface area contributed by atoms with E-state index in [4.69, 9.17) is 0 Å². The maximum Gasteiger partial charge on any atom is 0.416 e. The Hall–Kier alpha value is -0.590. The molecule has 1 atom stereocenters. The Morgan fingerprint density at radius 2 is 1.86 bits per heavy atom. The summed E-state index contributed by atoms with van der Waals surface area (Å²) < 4.78 is 39.8. The molecule has 2 nitrogen and oxygen atoms in total. The highest BCUT2D eigenvalue weighted by atomic mass is 79.9. The van der Waals surface area contributed by atoms with Crippen molar-refractivity contribution in [3.05, 3.63) is 33.8 Å². The fourth-order valence-corrected chi connectivity index (χ4v) is 3.64. The van der Waals surface area contributed by atoms with Gasteiger partial charge in [-0.05, 0) is 36.1 Å². The minimum absolute atomic E-state index is 0.0909. The van der Waals surface area contributed by atoms with Gasteiger partial charge in [0.05, 0.1) is 5.56 Å². The van der Waals surface area contributed by atoms with Gasteiger partial charge in [-0.1, -0.05) is 28.8 Å². The van der Waals surface area contributed by atoms with Gasteiger partial charge in [0.2, 0.25) is 0 Å². The van der Waals surface area contributed by atoms with Gasteiger partial charge in [-0.2, -0.15) is 13.2 Å². The number of piperazine rings is 1. The summed E-state index contributed by atoms with van der Waals surface area (Å²) in [5, 5.41) is 3.31. The van der Waals surface area contributed by atoms with Crippen molar-refractivity contribution in [1.29, 1.82) is 0 Å². The van der Waals surface area contributed by atoms with E-state index in [0.29, 0.717) is 10.4 Å². The molecule has 0 aromatic heterocycles. The summed E-state index contributed by atoms with van der Waals surface area (Å²) in [6.45, 7) is 3.60. The maximum atomic E-state index is 13.1. The van der Waals surface area contributed by atoms with E-state index in [1.165, 1.54) is 18.9 Å². The van der Waals surface area contributed by atoms with Crippen molar-refractivity contribution in [2.45, 2.75) is 31.5 Å². The first kappa shape index (κ1) is 16.3. The lowest BCUT2D eigenvalue weighted by Crippen LogP contribution is -2.45. The number of hydrogen-bond acceptors (Lipinski definition) is 2. The summed E-state index contributed by atoms with van der Waals surface area (Å²) in [4.78, 5) is 2.33. The van der Waals surface area contributed by atoms with Crippen LogP contribution in [0.5, 0.6) is 0 Å². The van der Waals surface area contributed by atoms with Crippen LogP contribution < -0.4 is 5.32 Å². The summed E-state index contributed by atoms with van der Waals surface area (Å²) in [6.07, 6.45) is -0.911. The normalized spacial score (nSPS) is 21.8. The molecule has 1 N–H and O–H groups in total. The first-order valence-corrected chi connectivity index (χ1v) is 8.55. The van der Waals surface area contributed by atoms with E-state index in [0.717, 1.165) is 44.2 Å². The SMILES string of the molecule is FC(F)(F)c1cc(Br)cc([C@@H](CC2CC2)N2CCNCC2)c1. The number of nitrogens with one attached hydrogen (secondary N) is 1. The number of halogens is 4. The van der Waals surface area contributed by atoms with Gasteiger partial charge in [0, 0.05) is 36.7 Å². The Kier molecular flexibility index (Phi) is 4.80. The van der Waals surface area contributed by atoms with E-state index >= 15 is 0 Å². The zero-order chi connectivity index (χ0) is 15.7. The highest BCUT2D eigenvalue weighted by Gasteiger charge is 2.34. The summed E-state index contributed by atoms with van der Waals surface area (Å²) in [5.41, 5.74) is 0.225. The van der Waals surface area contributed by atoms with Crippen molar-refractivity contribution in [1.82, 2.24) is 10.2 Å². The zero-order valence-electron chi connectivity index (χ0n) is 12.3. The van der Waals surface area contributed by atoms with Crippen LogP contribution in [-0.2, 0) is 6.18 Å². The van der Waals surface area contributed by atoms with E-state index in [1.807, 2.05) is 6.07 Å². The lowest BCUT2D eigenvalue weighted by Gasteiger charge is -2.35. The molecule has 1 saturated heterocycles. The molecule has 122 valence electrons. The molecule has 0 radical (unpaired) electrons. The van der Waals surface area contributed by atoms with Crippen molar-refractivity contribution in [2.75, 3.05) is 26.2 Å². The van der Waals surface area contributed by atoms with Gasteiger partial charge in [-0.3, -0.25) is 4.90 Å². The van der Waals surface area contributed by atoms with Crippen molar-refractivity contribution < 1.29 is 13.2 Å². The van der Waals surface area contributed by atoms with Gasteiger partial charge in [-0.25, -0.2) is 0 Å². The molecule has 22 heavy (non-hydrogen) atoms. The standard InChI is InChI=1S/C16H20BrF3N2/c17-14-9-12(8-13(10-14)16(18,19)20)15(7-11-1-2-11)22-5-3-21-4-6-22/h8-11,15,21H,1-7H2/t15-/m1/s1. The van der Waals surface area contributed by atoms with Crippen molar-refractivity contribution in [2.24, 2.45) is 5.92 Å². The molecule has 1 aromatic carbocycles. The third-order valence-electron chi connectivity index (χ3n) is 4.48. The first-order chi connectivity index (χ1) is 10.4. The lowest BCUT2D eigenvalue weighted by molar-refractivity contribution is -0.137. The summed E-state index contributed by atoms with van der Waals surface area (Å²) in [7, 11) is 0. The molecule has 2 aliphatic rings. The predicted octanol–water partition coefficient (Wildman–Crippen LogP) is 4.21. The molecule has 1 aromatic rings. The average molecular weight is 377 g/mol. The average Bonchev–Trinajstić information content (AvgIpc) is 3.28. The topological polar surface area (TPSA) is 15.3 Å². The first-order valence-electron chi connectivity index (χ1n) is 7.76. The third-order valence-corrected chi connectivity index (χ3v) is 4.94. The van der Waals surface area contributed by atoms with Crippen LogP contribution in [0.1, 0.15) is 36.4 Å². The van der Waals surface area contributed by atoms with Crippen LogP contribution in [0.4, 0.5) is 13.2 Å². The van der Waals surface area contributed by atoms with Crippen LogP contribution in [0, 0.1) is 5.92 Å². The molecule has 1 saturated carbocycles. The highest BCUT2D eigenvalue weighted by Crippen LogP contribution is 2.42. The second kappa shape index (κ2) is 6.49. The van der Waals surface area contributed by atoms with Crippen LogP contribution in [0.3, 0.4) is 0 Å². The molecule has 0 bridgehead atoms. The number of rotatable bonds is 4. The second-order valence-electron chi connectivity index (χ2n) is 6.25. The van der Waals surface area contributed by atoms with E-state index < -0.39 is 11.7 Å². The zero-order valence-corrected chi connectivity index (χ0v) is 13.9. The van der Waals surface area contributed by atoms with E-state index in [9.17, 15) is 13.2 Å². The molecule has 2 fully saturated rings. The van der Waals surface area contributed by atoms with Crippen LogP contribution in [-0.4, -0.2) is 31.1 Å². The van der Waals surface area contributed by atoms with Gasteiger partial charge in [-0.15, -0.1) is 0 Å². The monoisotopic (exact) mass is 376 g/mol. The molecule has 3 rings (SSSR count). The number of nitrogens with zero attached hydrogens (tertiary/aromatic N) is 1. The van der Waals surface area contributed by atoms with Crippen molar-refractivity contribution in [3.63, 3.8) is 0 Å². The van der Waals surface area contributed by atoms with Crippen LogP contribution in [0.2, 0.25) is 0 Å². The van der Waals surface area contributed by atoms with Gasteiger partial charge in [0.15, 0.2) is 0 Å². The number of benzene rings is 1. The Labute approximate surface area is 137 Å². The summed E-state index contributed by atoms with van der Waals surface area (Å²) in [5.74, 6) is 0.674. The fraction of sp³-hybridized carbons (Fsp3) is 0.625. The van der Waals surface area contributed by atoms with Crippen LogP contribution >= 0.6 is 15.9 Å². The molecule has 1 aliphatic carbocycles. The van der Waals surface area contributed by atoms with Crippen molar-refractivity contribution in [3.8, 4) is 0 Å². The Balaban J connectivity index is 1.90. The smallest absolute Gasteiger partial charge is 0.314 e. The molecule has 1 aliphatic heterocycles. The maximum absolute atomic E-state index is 13.1. The predicted molar refractivity (Wildman–Crippen MR) is 83.7 cm³/mol. The van der Waals surface area contributed by atoms with Gasteiger partial charge in [0.1, 0.15) is 0 Å². The Morgan fingerprint density at radius 1 is 1.18 bits per heavy atom. The Bertz CT molecular complexity index is 523. The van der Waals surface area contributed by atoms with Crippen LogP contribution in [0.25, 0.3) is 0 Å². The Morgan fingerprint density at radius 3 is 2.45 bits per heavy atom. The minimum Gasteiger partial charge on any atom is -0.314 e. The van der Waals surface area contributed by atoms with Gasteiger partial charge in [0.25, 0.3) is 0 Å². The minimum atomic E-state index is -4.30. The number of alkyl halides is 3. The quantitative estimate of drug-likeness (QED) is 0.846. The molecule has 0 amide bonds. The van der Waals surface area contributed by atoms with Crippen LogP contribution in [0.15, 0.2) is 22.7 Å².